The third-order valence-electron chi connectivity index (χ3n) is 4.98. The third kappa shape index (κ3) is 4.50. The summed E-state index contributed by atoms with van der Waals surface area (Å²) < 4.78 is 12.8. The number of ether oxygens (including phenoxy) is 2. The lowest BCUT2D eigenvalue weighted by Gasteiger charge is -2.21. The van der Waals surface area contributed by atoms with E-state index >= 15 is 0 Å². The molecule has 3 rings (SSSR count). The summed E-state index contributed by atoms with van der Waals surface area (Å²) in [5.74, 6) is 3.07. The average Bonchev–Trinajstić information content (AvgIpc) is 3.06. The number of hydrogen-bond acceptors (Lipinski definition) is 5. The van der Waals surface area contributed by atoms with Crippen molar-refractivity contribution in [2.24, 2.45) is 0 Å². The minimum absolute atomic E-state index is 0.0321. The number of para-hydroxylation sites is 2. The van der Waals surface area contributed by atoms with Gasteiger partial charge >= 0.3 is 0 Å². The largest absolute Gasteiger partial charge is 0.493 e. The molecule has 0 unspecified atom stereocenters. The molecule has 0 radical (unpaired) electrons. The maximum Gasteiger partial charge on any atom is 0.242 e. The first-order valence-corrected chi connectivity index (χ1v) is 10.8. The van der Waals surface area contributed by atoms with Gasteiger partial charge in [-0.05, 0) is 48.6 Å². The summed E-state index contributed by atoms with van der Waals surface area (Å²) in [7, 11) is 5.06. The van der Waals surface area contributed by atoms with Crippen LogP contribution in [0.3, 0.4) is 0 Å². The second kappa shape index (κ2) is 9.22. The number of fused-ring (bicyclic) bond motifs is 1. The van der Waals surface area contributed by atoms with E-state index in [2.05, 4.69) is 0 Å². The molecule has 29 heavy (non-hydrogen) atoms. The maximum absolute atomic E-state index is 13.0. The van der Waals surface area contributed by atoms with E-state index in [4.69, 9.17) is 14.5 Å². The van der Waals surface area contributed by atoms with E-state index in [0.29, 0.717) is 18.0 Å². The van der Waals surface area contributed by atoms with Gasteiger partial charge in [-0.25, -0.2) is 4.98 Å². The molecular weight excluding hydrogens is 386 g/mol. The quantitative estimate of drug-likeness (QED) is 0.561. The van der Waals surface area contributed by atoms with E-state index in [1.54, 1.807) is 30.9 Å². The smallest absolute Gasteiger partial charge is 0.242 e. The van der Waals surface area contributed by atoms with E-state index < -0.39 is 0 Å². The molecule has 2 aromatic carbocycles. The number of aryl methyl sites for hydroxylation is 1. The fraction of sp³-hybridized carbons (Fsp3) is 0.364. The van der Waals surface area contributed by atoms with Crippen LogP contribution in [-0.4, -0.2) is 47.9 Å². The fourth-order valence-corrected chi connectivity index (χ4v) is 3.81. The van der Waals surface area contributed by atoms with E-state index in [9.17, 15) is 4.79 Å². The van der Waals surface area contributed by atoms with Crippen molar-refractivity contribution in [3.63, 3.8) is 0 Å². The zero-order chi connectivity index (χ0) is 21.0. The van der Waals surface area contributed by atoms with E-state index in [1.807, 2.05) is 61.2 Å². The van der Waals surface area contributed by atoms with Gasteiger partial charge in [-0.15, -0.1) is 0 Å². The summed E-state index contributed by atoms with van der Waals surface area (Å²) in [5, 5.41) is 0. The second-order valence-electron chi connectivity index (χ2n) is 6.92. The lowest BCUT2D eigenvalue weighted by molar-refractivity contribution is -0.131. The topological polar surface area (TPSA) is 56.6 Å². The number of amides is 1. The first-order valence-electron chi connectivity index (χ1n) is 9.37. The number of benzene rings is 2. The van der Waals surface area contributed by atoms with Gasteiger partial charge in [0.2, 0.25) is 5.91 Å². The molecule has 0 spiro atoms. The Morgan fingerprint density at radius 1 is 1.17 bits per heavy atom. The molecule has 1 amide bonds. The van der Waals surface area contributed by atoms with Gasteiger partial charge in [-0.2, -0.15) is 11.8 Å². The van der Waals surface area contributed by atoms with Crippen LogP contribution < -0.4 is 9.47 Å². The van der Waals surface area contributed by atoms with Crippen LogP contribution in [-0.2, 0) is 23.6 Å². The van der Waals surface area contributed by atoms with Crippen LogP contribution in [0.4, 0.5) is 0 Å². The molecule has 0 saturated heterocycles. The number of thioether (sulfide) groups is 1. The van der Waals surface area contributed by atoms with Gasteiger partial charge in [0.05, 0.1) is 31.0 Å². The van der Waals surface area contributed by atoms with Crippen molar-refractivity contribution in [1.29, 1.82) is 0 Å². The Labute approximate surface area is 175 Å². The minimum atomic E-state index is 0.0321. The molecule has 3 aromatic rings. The molecule has 7 heteroatoms. The maximum atomic E-state index is 13.0. The summed E-state index contributed by atoms with van der Waals surface area (Å²) in [6, 6.07) is 11.8. The minimum Gasteiger partial charge on any atom is -0.493 e. The molecule has 0 aliphatic rings. The van der Waals surface area contributed by atoms with Crippen LogP contribution >= 0.6 is 11.8 Å². The molecular formula is C22H27N3O3S. The summed E-state index contributed by atoms with van der Waals surface area (Å²) in [5.41, 5.74) is 3.99. The predicted octanol–water partition coefficient (Wildman–Crippen LogP) is 3.88. The highest BCUT2D eigenvalue weighted by molar-refractivity contribution is 7.97. The predicted molar refractivity (Wildman–Crippen MR) is 118 cm³/mol. The average molecular weight is 414 g/mol. The van der Waals surface area contributed by atoms with Gasteiger partial charge in [-0.1, -0.05) is 12.1 Å². The van der Waals surface area contributed by atoms with Crippen molar-refractivity contribution < 1.29 is 14.3 Å². The fourth-order valence-electron chi connectivity index (χ4n) is 3.33. The highest BCUT2D eigenvalue weighted by atomic mass is 32.2. The molecule has 0 aliphatic carbocycles. The Morgan fingerprint density at radius 3 is 2.55 bits per heavy atom. The molecule has 154 valence electrons. The van der Waals surface area contributed by atoms with Crippen LogP contribution in [0.25, 0.3) is 11.0 Å². The van der Waals surface area contributed by atoms with Gasteiger partial charge in [0.25, 0.3) is 0 Å². The SMILES string of the molecule is COc1cc(C)c(CN(C)C(=O)Cn2c(CSC)nc3ccccc32)cc1OC. The number of carbonyl (C=O) groups excluding carboxylic acids is 1. The summed E-state index contributed by atoms with van der Waals surface area (Å²) in [6.45, 7) is 2.77. The van der Waals surface area contributed by atoms with Crippen LogP contribution in [0.15, 0.2) is 36.4 Å². The molecule has 0 atom stereocenters. The van der Waals surface area contributed by atoms with Crippen molar-refractivity contribution in [1.82, 2.24) is 14.5 Å². The molecule has 1 aromatic heterocycles. The molecule has 0 fully saturated rings. The van der Waals surface area contributed by atoms with Gasteiger partial charge in [0.15, 0.2) is 11.5 Å². The van der Waals surface area contributed by atoms with Crippen molar-refractivity contribution >= 4 is 28.7 Å². The number of carbonyl (C=O) groups is 1. The standard InChI is InChI=1S/C22H27N3O3S/c1-15-10-19(27-3)20(28-4)11-16(15)12-24(2)22(26)13-25-18-9-7-6-8-17(18)23-21(25)14-29-5/h6-11H,12-14H2,1-5H3. The summed E-state index contributed by atoms with van der Waals surface area (Å²) in [4.78, 5) is 19.5. The third-order valence-corrected chi connectivity index (χ3v) is 5.52. The zero-order valence-electron chi connectivity index (χ0n) is 17.6. The number of hydrogen-bond donors (Lipinski definition) is 0. The van der Waals surface area contributed by atoms with Crippen LogP contribution in [0.5, 0.6) is 11.5 Å². The summed E-state index contributed by atoms with van der Waals surface area (Å²) >= 11 is 1.70. The highest BCUT2D eigenvalue weighted by Gasteiger charge is 2.17. The number of imidazole rings is 1. The molecule has 0 saturated carbocycles. The lowest BCUT2D eigenvalue weighted by Crippen LogP contribution is -2.30. The first-order chi connectivity index (χ1) is 14.0. The molecule has 0 N–H and O–H groups in total. The number of nitrogens with zero attached hydrogens (tertiary/aromatic N) is 3. The van der Waals surface area contributed by atoms with Crippen LogP contribution in [0.1, 0.15) is 17.0 Å². The first kappa shape index (κ1) is 21.0. The van der Waals surface area contributed by atoms with E-state index in [1.165, 1.54) is 0 Å². The molecule has 0 aliphatic heterocycles. The number of aromatic nitrogens is 2. The molecule has 1 heterocycles. The zero-order valence-corrected chi connectivity index (χ0v) is 18.4. The van der Waals surface area contributed by atoms with Gasteiger partial charge in [-0.3, -0.25) is 4.79 Å². The van der Waals surface area contributed by atoms with Crippen LogP contribution in [0, 0.1) is 6.92 Å². The van der Waals surface area contributed by atoms with Gasteiger partial charge in [0.1, 0.15) is 12.4 Å². The Bertz CT molecular complexity index is 1020. The Morgan fingerprint density at radius 2 is 1.86 bits per heavy atom. The summed E-state index contributed by atoms with van der Waals surface area (Å²) in [6.07, 6.45) is 2.04. The Hall–Kier alpha value is -2.67. The van der Waals surface area contributed by atoms with Crippen molar-refractivity contribution in [3.05, 3.63) is 53.3 Å². The number of methoxy groups -OCH3 is 2. The van der Waals surface area contributed by atoms with Crippen molar-refractivity contribution in [2.75, 3.05) is 27.5 Å². The monoisotopic (exact) mass is 413 g/mol. The van der Waals surface area contributed by atoms with Crippen LogP contribution in [0.2, 0.25) is 0 Å². The normalized spacial score (nSPS) is 10.9. The second-order valence-corrected chi connectivity index (χ2v) is 7.79. The molecule has 6 nitrogen and oxygen atoms in total. The van der Waals surface area contributed by atoms with Crippen molar-refractivity contribution in [3.8, 4) is 11.5 Å². The lowest BCUT2D eigenvalue weighted by atomic mass is 10.1. The number of likely N-dealkylation sites (N-methyl/N-ethyl adjacent to an activating group) is 1. The Kier molecular flexibility index (Phi) is 6.69. The molecule has 0 bridgehead atoms. The van der Waals surface area contributed by atoms with Gasteiger partial charge < -0.3 is 18.9 Å². The number of rotatable bonds is 8. The Balaban J connectivity index is 1.82. The van der Waals surface area contributed by atoms with E-state index in [0.717, 1.165) is 33.7 Å². The van der Waals surface area contributed by atoms with Crippen molar-refractivity contribution in [2.45, 2.75) is 25.8 Å². The highest BCUT2D eigenvalue weighted by Crippen LogP contribution is 2.30. The van der Waals surface area contributed by atoms with E-state index in [-0.39, 0.29) is 12.5 Å². The van der Waals surface area contributed by atoms with Gasteiger partial charge in [0, 0.05) is 13.6 Å².